The number of carbonyl (C=O) groups excluding carboxylic acids is 1. The number of urea groups is 1. The Morgan fingerprint density at radius 1 is 1.24 bits per heavy atom. The molecule has 1 aromatic heterocycles. The topological polar surface area (TPSA) is 54.3 Å². The van der Waals surface area contributed by atoms with Crippen LogP contribution >= 0.6 is 11.8 Å². The van der Waals surface area contributed by atoms with Crippen LogP contribution < -0.4 is 0 Å². The highest BCUT2D eigenvalue weighted by Gasteiger charge is 2.36. The molecule has 7 heteroatoms. The second-order valence-electron chi connectivity index (χ2n) is 5.66. The van der Waals surface area contributed by atoms with Crippen molar-refractivity contribution in [2.75, 3.05) is 25.4 Å². The molecule has 3 rings (SSSR count). The van der Waals surface area contributed by atoms with Crippen molar-refractivity contribution in [1.82, 2.24) is 24.6 Å². The summed E-state index contributed by atoms with van der Waals surface area (Å²) in [4.78, 5) is 16.6. The third-order valence-electron chi connectivity index (χ3n) is 4.32. The van der Waals surface area contributed by atoms with Gasteiger partial charge in [-0.3, -0.25) is 0 Å². The van der Waals surface area contributed by atoms with E-state index in [2.05, 4.69) is 21.7 Å². The van der Waals surface area contributed by atoms with Crippen LogP contribution in [-0.4, -0.2) is 56.0 Å². The highest BCUT2D eigenvalue weighted by atomic mass is 32.2. The van der Waals surface area contributed by atoms with Crippen LogP contribution in [0.3, 0.4) is 0 Å². The van der Waals surface area contributed by atoms with Crippen molar-refractivity contribution in [3.05, 3.63) is 5.82 Å². The number of hydrogen-bond donors (Lipinski definition) is 0. The van der Waals surface area contributed by atoms with E-state index < -0.39 is 0 Å². The fraction of sp³-hybridized carbons (Fsp3) is 0.786. The number of likely N-dealkylation sites (tertiary alicyclic amines) is 2. The van der Waals surface area contributed by atoms with E-state index in [4.69, 9.17) is 0 Å². The third kappa shape index (κ3) is 2.75. The quantitative estimate of drug-likeness (QED) is 0.804. The summed E-state index contributed by atoms with van der Waals surface area (Å²) in [5.74, 6) is 1.91. The van der Waals surface area contributed by atoms with Crippen LogP contribution in [0.5, 0.6) is 0 Å². The molecule has 2 aliphatic heterocycles. The van der Waals surface area contributed by atoms with E-state index in [1.54, 1.807) is 11.8 Å². The molecule has 2 aliphatic rings. The average molecular weight is 309 g/mol. The normalized spacial score (nSPS) is 22.3. The van der Waals surface area contributed by atoms with E-state index in [1.165, 1.54) is 0 Å². The van der Waals surface area contributed by atoms with Gasteiger partial charge in [-0.2, -0.15) is 0 Å². The van der Waals surface area contributed by atoms with Gasteiger partial charge in [0.1, 0.15) is 0 Å². The molecule has 0 aliphatic carbocycles. The van der Waals surface area contributed by atoms with Gasteiger partial charge in [-0.25, -0.2) is 4.79 Å². The lowest BCUT2D eigenvalue weighted by Gasteiger charge is -2.28. The Labute approximate surface area is 129 Å². The fourth-order valence-corrected chi connectivity index (χ4v) is 3.87. The number of rotatable bonds is 3. The molecule has 0 saturated carbocycles. The first-order valence-electron chi connectivity index (χ1n) is 7.80. The largest absolute Gasteiger partial charge is 0.325 e. The van der Waals surface area contributed by atoms with Crippen LogP contribution in [0.4, 0.5) is 4.79 Å². The molecule has 2 saturated heterocycles. The van der Waals surface area contributed by atoms with Gasteiger partial charge in [0.05, 0.1) is 6.04 Å². The van der Waals surface area contributed by atoms with Crippen LogP contribution in [0, 0.1) is 0 Å². The summed E-state index contributed by atoms with van der Waals surface area (Å²) in [7, 11) is 2.00. The summed E-state index contributed by atoms with van der Waals surface area (Å²) in [6, 6.07) is 0.268. The van der Waals surface area contributed by atoms with Gasteiger partial charge in [-0.15, -0.1) is 10.2 Å². The van der Waals surface area contributed by atoms with Crippen molar-refractivity contribution in [3.63, 3.8) is 0 Å². The Hall–Kier alpha value is -1.24. The molecular weight excluding hydrogens is 286 g/mol. The molecule has 116 valence electrons. The number of thioether (sulfide) groups is 1. The fourth-order valence-electron chi connectivity index (χ4n) is 3.23. The average Bonchev–Trinajstić information content (AvgIpc) is 3.20. The molecule has 1 atom stereocenters. The van der Waals surface area contributed by atoms with Crippen molar-refractivity contribution in [3.8, 4) is 0 Å². The molecule has 2 amide bonds. The molecule has 0 aromatic carbocycles. The van der Waals surface area contributed by atoms with Crippen LogP contribution in [0.25, 0.3) is 0 Å². The van der Waals surface area contributed by atoms with E-state index in [0.29, 0.717) is 0 Å². The lowest BCUT2D eigenvalue weighted by molar-refractivity contribution is 0.155. The number of nitrogens with zero attached hydrogens (tertiary/aromatic N) is 5. The maximum atomic E-state index is 12.7. The standard InChI is InChI=1S/C14H23N5OS/c1-3-21-13-16-15-12(17(13)2)11-7-6-10-19(11)14(20)18-8-4-5-9-18/h11H,3-10H2,1-2H3/t11-/m0/s1. The zero-order valence-corrected chi connectivity index (χ0v) is 13.6. The predicted molar refractivity (Wildman–Crippen MR) is 82.3 cm³/mol. The molecule has 21 heavy (non-hydrogen) atoms. The van der Waals surface area contributed by atoms with Crippen LogP contribution in [0.1, 0.15) is 44.5 Å². The lowest BCUT2D eigenvalue weighted by Crippen LogP contribution is -2.41. The van der Waals surface area contributed by atoms with E-state index in [1.807, 2.05) is 16.8 Å². The van der Waals surface area contributed by atoms with Crippen molar-refractivity contribution in [2.24, 2.45) is 7.05 Å². The van der Waals surface area contributed by atoms with Crippen LogP contribution in [-0.2, 0) is 7.05 Å². The number of hydrogen-bond acceptors (Lipinski definition) is 4. The summed E-state index contributed by atoms with van der Waals surface area (Å²) in [6.07, 6.45) is 4.30. The highest BCUT2D eigenvalue weighted by Crippen LogP contribution is 2.33. The molecule has 0 spiro atoms. The number of aromatic nitrogens is 3. The van der Waals surface area contributed by atoms with Gasteiger partial charge in [-0.1, -0.05) is 18.7 Å². The SMILES string of the molecule is CCSc1nnc([C@@H]2CCCN2C(=O)N2CCCC2)n1C. The third-order valence-corrected chi connectivity index (χ3v) is 5.22. The molecule has 0 N–H and O–H groups in total. The van der Waals surface area contributed by atoms with Gasteiger partial charge < -0.3 is 14.4 Å². The van der Waals surface area contributed by atoms with Crippen LogP contribution in [0.15, 0.2) is 5.16 Å². The highest BCUT2D eigenvalue weighted by molar-refractivity contribution is 7.99. The Morgan fingerprint density at radius 2 is 2.00 bits per heavy atom. The minimum absolute atomic E-state index is 0.0850. The zero-order valence-electron chi connectivity index (χ0n) is 12.8. The second kappa shape index (κ2) is 6.25. The van der Waals surface area contributed by atoms with E-state index in [9.17, 15) is 4.79 Å². The first kappa shape index (κ1) is 14.7. The molecule has 0 unspecified atom stereocenters. The van der Waals surface area contributed by atoms with Gasteiger partial charge >= 0.3 is 6.03 Å². The van der Waals surface area contributed by atoms with Crippen molar-refractivity contribution < 1.29 is 4.79 Å². The Balaban J connectivity index is 1.78. The summed E-state index contributed by atoms with van der Waals surface area (Å²) in [6.45, 7) is 4.75. The van der Waals surface area contributed by atoms with E-state index >= 15 is 0 Å². The van der Waals surface area contributed by atoms with Gasteiger partial charge in [0.25, 0.3) is 0 Å². The predicted octanol–water partition coefficient (Wildman–Crippen LogP) is 2.28. The smallest absolute Gasteiger partial charge is 0.320 e. The van der Waals surface area contributed by atoms with Gasteiger partial charge in [0.2, 0.25) is 0 Å². The molecule has 0 bridgehead atoms. The molecule has 3 heterocycles. The van der Waals surface area contributed by atoms with E-state index in [-0.39, 0.29) is 12.1 Å². The Morgan fingerprint density at radius 3 is 2.71 bits per heavy atom. The van der Waals surface area contributed by atoms with E-state index in [0.717, 1.165) is 62.1 Å². The first-order chi connectivity index (χ1) is 10.2. The maximum Gasteiger partial charge on any atom is 0.320 e. The second-order valence-corrected chi connectivity index (χ2v) is 6.89. The van der Waals surface area contributed by atoms with Gasteiger partial charge in [-0.05, 0) is 31.4 Å². The summed E-state index contributed by atoms with van der Waals surface area (Å²) in [5.41, 5.74) is 0. The van der Waals surface area contributed by atoms with Gasteiger partial charge in [0.15, 0.2) is 11.0 Å². The van der Waals surface area contributed by atoms with Crippen molar-refractivity contribution in [1.29, 1.82) is 0 Å². The Kier molecular flexibility index (Phi) is 4.37. The summed E-state index contributed by atoms with van der Waals surface area (Å²) >= 11 is 1.69. The first-order valence-corrected chi connectivity index (χ1v) is 8.78. The molecule has 1 aromatic rings. The molecule has 6 nitrogen and oxygen atoms in total. The summed E-state index contributed by atoms with van der Waals surface area (Å²) < 4.78 is 2.05. The monoisotopic (exact) mass is 309 g/mol. The minimum atomic E-state index is 0.0850. The number of carbonyl (C=O) groups is 1. The molecule has 0 radical (unpaired) electrons. The van der Waals surface area contributed by atoms with Crippen molar-refractivity contribution >= 4 is 17.8 Å². The van der Waals surface area contributed by atoms with Crippen molar-refractivity contribution in [2.45, 2.75) is 43.8 Å². The maximum absolute atomic E-state index is 12.7. The van der Waals surface area contributed by atoms with Crippen LogP contribution in [0.2, 0.25) is 0 Å². The molecular formula is C14H23N5OS. The number of amides is 2. The lowest BCUT2D eigenvalue weighted by atomic mass is 10.2. The Bertz CT molecular complexity index is 511. The molecule has 2 fully saturated rings. The zero-order chi connectivity index (χ0) is 14.8. The minimum Gasteiger partial charge on any atom is -0.325 e. The van der Waals surface area contributed by atoms with Gasteiger partial charge in [0, 0.05) is 26.7 Å². The summed E-state index contributed by atoms with van der Waals surface area (Å²) in [5, 5.41) is 9.56.